The van der Waals surface area contributed by atoms with Crippen LogP contribution in [0.2, 0.25) is 5.02 Å². The summed E-state index contributed by atoms with van der Waals surface area (Å²) in [4.78, 5) is 14.6. The Morgan fingerprint density at radius 2 is 2.19 bits per heavy atom. The molecule has 1 aromatic carbocycles. The van der Waals surface area contributed by atoms with E-state index in [1.807, 2.05) is 13.8 Å². The van der Waals surface area contributed by atoms with Gasteiger partial charge in [-0.15, -0.1) is 5.10 Å². The van der Waals surface area contributed by atoms with Crippen LogP contribution < -0.4 is 4.74 Å². The summed E-state index contributed by atoms with van der Waals surface area (Å²) in [6, 6.07) is 5.22. The third-order valence-corrected chi connectivity index (χ3v) is 2.60. The molecule has 0 amide bonds. The highest BCUT2D eigenvalue weighted by Gasteiger charge is 2.08. The predicted molar refractivity (Wildman–Crippen MR) is 79.2 cm³/mol. The second-order valence-corrected chi connectivity index (χ2v) is 4.98. The molecule has 0 aliphatic rings. The van der Waals surface area contributed by atoms with Crippen molar-refractivity contribution in [2.45, 2.75) is 20.0 Å². The number of hydrogen-bond donors (Lipinski definition) is 1. The molecule has 0 bridgehead atoms. The van der Waals surface area contributed by atoms with E-state index in [1.54, 1.807) is 18.2 Å². The van der Waals surface area contributed by atoms with Crippen molar-refractivity contribution < 1.29 is 14.6 Å². The van der Waals surface area contributed by atoms with Gasteiger partial charge in [0.2, 0.25) is 0 Å². The first-order valence-corrected chi connectivity index (χ1v) is 6.62. The van der Waals surface area contributed by atoms with Gasteiger partial charge in [-0.05, 0) is 32.0 Å². The Morgan fingerprint density at radius 3 is 2.86 bits per heavy atom. The number of halogens is 1. The number of carbonyl (C=O) groups is 1. The second-order valence-electron chi connectivity index (χ2n) is 4.54. The normalized spacial score (nSPS) is 11.2. The van der Waals surface area contributed by atoms with Crippen LogP contribution in [-0.4, -0.2) is 31.9 Å². The van der Waals surface area contributed by atoms with Crippen LogP contribution >= 0.6 is 11.6 Å². The molecule has 0 atom stereocenters. The number of aliphatic carboxylic acids is 1. The molecular formula is C14H14ClN3O3. The zero-order chi connectivity index (χ0) is 15.4. The standard InChI is InChI=1S/C14H14ClN3O3/c1-9(2)21-12-6-10(5-11(15)7-12)14-16-8-18(17-14)4-3-13(19)20/h3-9H,1-2H3,(H,19,20)/b4-3-. The molecule has 1 aromatic heterocycles. The Hall–Kier alpha value is -2.34. The molecule has 2 rings (SSSR count). The molecule has 2 aromatic rings. The van der Waals surface area contributed by atoms with Gasteiger partial charge in [-0.1, -0.05) is 11.6 Å². The van der Waals surface area contributed by atoms with Gasteiger partial charge in [-0.3, -0.25) is 0 Å². The number of aromatic nitrogens is 3. The minimum absolute atomic E-state index is 0.0281. The number of carboxylic acid groups (broad SMARTS) is 1. The van der Waals surface area contributed by atoms with Crippen LogP contribution in [0.3, 0.4) is 0 Å². The number of benzene rings is 1. The minimum Gasteiger partial charge on any atom is -0.491 e. The lowest BCUT2D eigenvalue weighted by atomic mass is 10.2. The molecule has 1 N–H and O–H groups in total. The van der Waals surface area contributed by atoms with E-state index in [9.17, 15) is 4.79 Å². The summed E-state index contributed by atoms with van der Waals surface area (Å²) in [5.74, 6) is 0.00787. The summed E-state index contributed by atoms with van der Waals surface area (Å²) in [5.41, 5.74) is 0.695. The second kappa shape index (κ2) is 6.41. The molecule has 0 aliphatic heterocycles. The van der Waals surface area contributed by atoms with Gasteiger partial charge < -0.3 is 9.84 Å². The third kappa shape index (κ3) is 4.32. The number of carboxylic acids is 1. The summed E-state index contributed by atoms with van der Waals surface area (Å²) in [5, 5.41) is 13.2. The Kier molecular flexibility index (Phi) is 4.59. The average Bonchev–Trinajstić information content (AvgIpc) is 2.83. The maximum Gasteiger partial charge on any atom is 0.329 e. The molecular weight excluding hydrogens is 294 g/mol. The molecule has 21 heavy (non-hydrogen) atoms. The van der Waals surface area contributed by atoms with Crippen LogP contribution in [0.4, 0.5) is 0 Å². The van der Waals surface area contributed by atoms with Crippen LogP contribution in [0, 0.1) is 0 Å². The van der Waals surface area contributed by atoms with E-state index in [0.717, 1.165) is 6.08 Å². The van der Waals surface area contributed by atoms with E-state index in [2.05, 4.69) is 10.1 Å². The summed E-state index contributed by atoms with van der Waals surface area (Å²) in [6.45, 7) is 3.84. The van der Waals surface area contributed by atoms with Crippen molar-refractivity contribution in [1.82, 2.24) is 14.8 Å². The quantitative estimate of drug-likeness (QED) is 0.859. The van der Waals surface area contributed by atoms with E-state index in [0.29, 0.717) is 22.2 Å². The monoisotopic (exact) mass is 307 g/mol. The van der Waals surface area contributed by atoms with Crippen LogP contribution in [0.25, 0.3) is 17.6 Å². The summed E-state index contributed by atoms with van der Waals surface area (Å²) >= 11 is 6.06. The van der Waals surface area contributed by atoms with E-state index in [1.165, 1.54) is 17.2 Å². The molecule has 0 saturated heterocycles. The lowest BCUT2D eigenvalue weighted by molar-refractivity contribution is -0.131. The van der Waals surface area contributed by atoms with E-state index in [4.69, 9.17) is 21.4 Å². The van der Waals surface area contributed by atoms with Crippen molar-refractivity contribution in [3.8, 4) is 17.1 Å². The predicted octanol–water partition coefficient (Wildman–Crippen LogP) is 2.94. The highest BCUT2D eigenvalue weighted by Crippen LogP contribution is 2.27. The maximum atomic E-state index is 10.5. The fraction of sp³-hybridized carbons (Fsp3) is 0.214. The smallest absolute Gasteiger partial charge is 0.329 e. The molecule has 0 aliphatic carbocycles. The Labute approximate surface area is 126 Å². The summed E-state index contributed by atoms with van der Waals surface area (Å²) in [6.07, 6.45) is 3.72. The SMILES string of the molecule is CC(C)Oc1cc(Cl)cc(-c2ncn(/C=C\C(=O)O)n2)c1. The first-order chi connectivity index (χ1) is 9.94. The first-order valence-electron chi connectivity index (χ1n) is 6.24. The fourth-order valence-corrected chi connectivity index (χ4v) is 1.88. The van der Waals surface area contributed by atoms with Gasteiger partial charge in [0.15, 0.2) is 5.82 Å². The molecule has 7 heteroatoms. The van der Waals surface area contributed by atoms with Crippen molar-refractivity contribution in [2.75, 3.05) is 0 Å². The molecule has 6 nitrogen and oxygen atoms in total. The number of rotatable bonds is 5. The zero-order valence-corrected chi connectivity index (χ0v) is 12.3. The van der Waals surface area contributed by atoms with Gasteiger partial charge >= 0.3 is 5.97 Å². The van der Waals surface area contributed by atoms with E-state index in [-0.39, 0.29) is 6.10 Å². The van der Waals surface area contributed by atoms with Gasteiger partial charge in [0.25, 0.3) is 0 Å². The zero-order valence-electron chi connectivity index (χ0n) is 11.5. The molecule has 1 heterocycles. The Bertz CT molecular complexity index is 680. The van der Waals surface area contributed by atoms with Gasteiger partial charge in [-0.2, -0.15) is 0 Å². The fourth-order valence-electron chi connectivity index (χ4n) is 1.65. The van der Waals surface area contributed by atoms with Crippen molar-refractivity contribution in [3.63, 3.8) is 0 Å². The molecule has 110 valence electrons. The summed E-state index contributed by atoms with van der Waals surface area (Å²) in [7, 11) is 0. The third-order valence-electron chi connectivity index (χ3n) is 2.38. The molecule has 0 unspecified atom stereocenters. The number of ether oxygens (including phenoxy) is 1. The number of nitrogens with zero attached hydrogens (tertiary/aromatic N) is 3. The maximum absolute atomic E-state index is 10.5. The lowest BCUT2D eigenvalue weighted by Gasteiger charge is -2.10. The van der Waals surface area contributed by atoms with Crippen molar-refractivity contribution in [3.05, 3.63) is 35.6 Å². The molecule has 0 saturated carbocycles. The largest absolute Gasteiger partial charge is 0.491 e. The molecule has 0 fully saturated rings. The first kappa shape index (κ1) is 15.1. The van der Waals surface area contributed by atoms with Crippen LogP contribution in [0.5, 0.6) is 5.75 Å². The van der Waals surface area contributed by atoms with E-state index < -0.39 is 5.97 Å². The van der Waals surface area contributed by atoms with Crippen molar-refractivity contribution in [1.29, 1.82) is 0 Å². The van der Waals surface area contributed by atoms with Gasteiger partial charge in [0.1, 0.15) is 12.1 Å². The highest BCUT2D eigenvalue weighted by atomic mass is 35.5. The Balaban J connectivity index is 2.29. The van der Waals surface area contributed by atoms with Gasteiger partial charge in [0, 0.05) is 22.9 Å². The highest BCUT2D eigenvalue weighted by molar-refractivity contribution is 6.31. The topological polar surface area (TPSA) is 77.2 Å². The molecule has 0 spiro atoms. The van der Waals surface area contributed by atoms with Crippen LogP contribution in [0.1, 0.15) is 13.8 Å². The van der Waals surface area contributed by atoms with Gasteiger partial charge in [-0.25, -0.2) is 14.5 Å². The Morgan fingerprint density at radius 1 is 1.43 bits per heavy atom. The van der Waals surface area contributed by atoms with Crippen LogP contribution in [-0.2, 0) is 4.79 Å². The lowest BCUT2D eigenvalue weighted by Crippen LogP contribution is -2.05. The minimum atomic E-state index is -1.05. The number of hydrogen-bond acceptors (Lipinski definition) is 4. The average molecular weight is 308 g/mol. The summed E-state index contributed by atoms with van der Waals surface area (Å²) < 4.78 is 6.92. The van der Waals surface area contributed by atoms with Crippen molar-refractivity contribution in [2.24, 2.45) is 0 Å². The molecule has 0 radical (unpaired) electrons. The van der Waals surface area contributed by atoms with Gasteiger partial charge in [0.05, 0.1) is 6.10 Å². The van der Waals surface area contributed by atoms with Crippen LogP contribution in [0.15, 0.2) is 30.6 Å². The van der Waals surface area contributed by atoms with E-state index >= 15 is 0 Å². The van der Waals surface area contributed by atoms with Crippen molar-refractivity contribution >= 4 is 23.8 Å².